The van der Waals surface area contributed by atoms with Crippen molar-refractivity contribution >= 4 is 38.5 Å². The van der Waals surface area contributed by atoms with E-state index in [2.05, 4.69) is 43.5 Å². The van der Waals surface area contributed by atoms with Gasteiger partial charge in [0, 0.05) is 15.1 Å². The summed E-state index contributed by atoms with van der Waals surface area (Å²) in [6.45, 7) is 0. The summed E-state index contributed by atoms with van der Waals surface area (Å²) < 4.78 is 1.54. The zero-order valence-electron chi connectivity index (χ0n) is 5.01. The Morgan fingerprint density at radius 2 is 2.40 bits per heavy atom. The van der Waals surface area contributed by atoms with Crippen LogP contribution >= 0.6 is 38.5 Å². The van der Waals surface area contributed by atoms with E-state index in [-0.39, 0.29) is 5.75 Å². The Hall–Kier alpha value is 0.160. The summed E-state index contributed by atoms with van der Waals surface area (Å²) in [4.78, 5) is 3.99. The zero-order valence-corrected chi connectivity index (χ0v) is 8.76. The quantitative estimate of drug-likeness (QED) is 0.638. The molecule has 0 spiro atoms. The predicted molar refractivity (Wildman–Crippen MR) is 51.3 cm³/mol. The summed E-state index contributed by atoms with van der Waals surface area (Å²) in [7, 11) is 0. The van der Waals surface area contributed by atoms with E-state index in [4.69, 9.17) is 0 Å². The van der Waals surface area contributed by atoms with Gasteiger partial charge in [-0.25, -0.2) is 0 Å². The lowest BCUT2D eigenvalue weighted by molar-refractivity contribution is 0.467. The second-order valence-electron chi connectivity index (χ2n) is 1.75. The number of pyridine rings is 1. The van der Waals surface area contributed by atoms with Gasteiger partial charge in [-0.2, -0.15) is 0 Å². The molecule has 1 heterocycles. The lowest BCUT2D eigenvalue weighted by atomic mass is 10.3. The molecule has 0 saturated carbocycles. The van der Waals surface area contributed by atoms with Gasteiger partial charge in [0.15, 0.2) is 0 Å². The Labute approximate surface area is 80.9 Å². The molecule has 1 rings (SSSR count). The van der Waals surface area contributed by atoms with Crippen molar-refractivity contribution in [1.82, 2.24) is 4.98 Å². The maximum atomic E-state index is 9.19. The summed E-state index contributed by atoms with van der Waals surface area (Å²) in [6, 6.07) is 1.64. The molecule has 0 radical (unpaired) electrons. The van der Waals surface area contributed by atoms with Crippen LogP contribution in [0.2, 0.25) is 0 Å². The maximum absolute atomic E-state index is 9.19. The molecule has 0 unspecified atom stereocenters. The van der Waals surface area contributed by atoms with E-state index in [0.717, 1.165) is 14.6 Å². The average Bonchev–Trinajstić information content (AvgIpc) is 1.88. The molecule has 0 bridgehead atoms. The molecule has 0 aromatic carbocycles. The molecular formula is C6H5BrINO. The van der Waals surface area contributed by atoms with Crippen LogP contribution in [0.5, 0.6) is 5.75 Å². The minimum Gasteiger partial charge on any atom is -0.506 e. The fourth-order valence-corrected chi connectivity index (χ4v) is 1.47. The number of hydrogen-bond acceptors (Lipinski definition) is 2. The van der Waals surface area contributed by atoms with Gasteiger partial charge in [0.1, 0.15) is 5.75 Å². The summed E-state index contributed by atoms with van der Waals surface area (Å²) in [5, 5.41) is 9.19. The standard InChI is InChI=1S/C6H5BrINO/c7-4-1-6(10)5(2-8)9-3-4/h1,3,10H,2H2. The Kier molecular flexibility index (Phi) is 2.91. The molecule has 2 nitrogen and oxygen atoms in total. The third kappa shape index (κ3) is 1.82. The number of aromatic hydroxyl groups is 1. The fraction of sp³-hybridized carbons (Fsp3) is 0.167. The minimum absolute atomic E-state index is 0.253. The number of nitrogens with zero attached hydrogens (tertiary/aromatic N) is 1. The SMILES string of the molecule is Oc1cc(Br)cnc1CI. The van der Waals surface area contributed by atoms with Crippen LogP contribution in [-0.2, 0) is 4.43 Å². The first kappa shape index (κ1) is 8.26. The molecule has 1 N–H and O–H groups in total. The Morgan fingerprint density at radius 3 is 2.90 bits per heavy atom. The van der Waals surface area contributed by atoms with Crippen LogP contribution in [0.4, 0.5) is 0 Å². The fourth-order valence-electron chi connectivity index (χ4n) is 0.560. The molecule has 1 aromatic rings. The van der Waals surface area contributed by atoms with Gasteiger partial charge >= 0.3 is 0 Å². The first-order valence-corrected chi connectivity index (χ1v) is 4.95. The van der Waals surface area contributed by atoms with Crippen molar-refractivity contribution in [3.63, 3.8) is 0 Å². The largest absolute Gasteiger partial charge is 0.506 e. The molecule has 0 amide bonds. The number of alkyl halides is 1. The van der Waals surface area contributed by atoms with E-state index in [0.29, 0.717) is 0 Å². The van der Waals surface area contributed by atoms with Crippen molar-refractivity contribution in [2.45, 2.75) is 4.43 Å². The van der Waals surface area contributed by atoms with Gasteiger partial charge < -0.3 is 5.11 Å². The Morgan fingerprint density at radius 1 is 1.70 bits per heavy atom. The third-order valence-corrected chi connectivity index (χ3v) is 2.20. The van der Waals surface area contributed by atoms with Gasteiger partial charge in [-0.1, -0.05) is 22.6 Å². The van der Waals surface area contributed by atoms with Crippen molar-refractivity contribution in [3.8, 4) is 5.75 Å². The molecule has 10 heavy (non-hydrogen) atoms. The topological polar surface area (TPSA) is 33.1 Å². The summed E-state index contributed by atoms with van der Waals surface area (Å²) in [5.41, 5.74) is 0.726. The van der Waals surface area contributed by atoms with Gasteiger partial charge in [0.2, 0.25) is 0 Å². The number of halogens is 2. The van der Waals surface area contributed by atoms with Crippen LogP contribution in [0.1, 0.15) is 5.69 Å². The molecule has 0 saturated heterocycles. The molecule has 0 aliphatic rings. The minimum atomic E-state index is 0.253. The van der Waals surface area contributed by atoms with E-state index >= 15 is 0 Å². The average molecular weight is 314 g/mol. The Balaban J connectivity index is 3.07. The number of rotatable bonds is 1. The molecule has 54 valence electrons. The van der Waals surface area contributed by atoms with E-state index < -0.39 is 0 Å². The summed E-state index contributed by atoms with van der Waals surface area (Å²) >= 11 is 5.35. The predicted octanol–water partition coefficient (Wildman–Crippen LogP) is 2.48. The van der Waals surface area contributed by atoms with Gasteiger partial charge in [-0.3, -0.25) is 4.98 Å². The van der Waals surface area contributed by atoms with Crippen LogP contribution in [0.25, 0.3) is 0 Å². The molecule has 0 fully saturated rings. The van der Waals surface area contributed by atoms with Gasteiger partial charge in [0.25, 0.3) is 0 Å². The highest BCUT2D eigenvalue weighted by Gasteiger charge is 1.99. The monoisotopic (exact) mass is 313 g/mol. The highest BCUT2D eigenvalue weighted by molar-refractivity contribution is 14.1. The molecule has 0 atom stereocenters. The highest BCUT2D eigenvalue weighted by atomic mass is 127. The van der Waals surface area contributed by atoms with E-state index in [1.807, 2.05) is 0 Å². The molecule has 0 aliphatic heterocycles. The van der Waals surface area contributed by atoms with Gasteiger partial charge in [-0.15, -0.1) is 0 Å². The third-order valence-electron chi connectivity index (χ3n) is 1.04. The van der Waals surface area contributed by atoms with Crippen LogP contribution in [0, 0.1) is 0 Å². The highest BCUT2D eigenvalue weighted by Crippen LogP contribution is 2.21. The van der Waals surface area contributed by atoms with Gasteiger partial charge in [0.05, 0.1) is 5.69 Å². The van der Waals surface area contributed by atoms with Gasteiger partial charge in [-0.05, 0) is 22.0 Å². The van der Waals surface area contributed by atoms with Crippen molar-refractivity contribution in [2.24, 2.45) is 0 Å². The maximum Gasteiger partial charge on any atom is 0.138 e. The smallest absolute Gasteiger partial charge is 0.138 e. The number of aromatic nitrogens is 1. The first-order valence-electron chi connectivity index (χ1n) is 2.63. The van der Waals surface area contributed by atoms with Crippen molar-refractivity contribution in [1.29, 1.82) is 0 Å². The Bertz CT molecular complexity index is 241. The van der Waals surface area contributed by atoms with Crippen LogP contribution in [0.3, 0.4) is 0 Å². The number of hydrogen-bond donors (Lipinski definition) is 1. The second-order valence-corrected chi connectivity index (χ2v) is 3.43. The first-order chi connectivity index (χ1) is 4.74. The molecule has 4 heteroatoms. The van der Waals surface area contributed by atoms with Crippen LogP contribution in [-0.4, -0.2) is 10.1 Å². The van der Waals surface area contributed by atoms with E-state index in [1.54, 1.807) is 12.3 Å². The summed E-state index contributed by atoms with van der Waals surface area (Å²) in [6.07, 6.45) is 1.67. The van der Waals surface area contributed by atoms with E-state index in [1.165, 1.54) is 0 Å². The summed E-state index contributed by atoms with van der Waals surface area (Å²) in [5.74, 6) is 0.253. The van der Waals surface area contributed by atoms with Crippen LogP contribution < -0.4 is 0 Å². The lowest BCUT2D eigenvalue weighted by Gasteiger charge is -1.97. The second kappa shape index (κ2) is 3.52. The van der Waals surface area contributed by atoms with Crippen molar-refractivity contribution < 1.29 is 5.11 Å². The zero-order chi connectivity index (χ0) is 7.56. The molecular weight excluding hydrogens is 309 g/mol. The lowest BCUT2D eigenvalue weighted by Crippen LogP contribution is -1.83. The normalized spacial score (nSPS) is 9.80. The molecule has 1 aromatic heterocycles. The van der Waals surface area contributed by atoms with Crippen molar-refractivity contribution in [2.75, 3.05) is 0 Å². The van der Waals surface area contributed by atoms with Crippen molar-refractivity contribution in [3.05, 3.63) is 22.4 Å². The van der Waals surface area contributed by atoms with E-state index in [9.17, 15) is 5.11 Å². The van der Waals surface area contributed by atoms with Crippen LogP contribution in [0.15, 0.2) is 16.7 Å². The molecule has 0 aliphatic carbocycles.